The lowest BCUT2D eigenvalue weighted by molar-refractivity contribution is -0.157. The fraction of sp³-hybridized carbons (Fsp3) is 0.528. The van der Waals surface area contributed by atoms with Gasteiger partial charge in [-0.1, -0.05) is 31.8 Å². The first-order chi connectivity index (χ1) is 22.6. The monoisotopic (exact) mass is 672 g/mol. The van der Waals surface area contributed by atoms with Gasteiger partial charge in [0, 0.05) is 32.7 Å². The molecule has 1 unspecified atom stereocenters. The predicted octanol–water partition coefficient (Wildman–Crippen LogP) is 5.75. The van der Waals surface area contributed by atoms with Crippen molar-refractivity contribution < 1.29 is 19.0 Å². The third-order valence-corrected chi connectivity index (χ3v) is 9.89. The van der Waals surface area contributed by atoms with E-state index in [0.717, 1.165) is 24.4 Å². The molecule has 1 aliphatic carbocycles. The number of hydrogen-bond acceptors (Lipinski definition) is 9. The number of likely N-dealkylation sites (N-methyl/N-ethyl adjacent to an activating group) is 1. The van der Waals surface area contributed by atoms with Crippen molar-refractivity contribution in [3.63, 3.8) is 0 Å². The number of imidazole rings is 1. The molecule has 2 aromatic carbocycles. The van der Waals surface area contributed by atoms with E-state index < -0.39 is 25.6 Å². The van der Waals surface area contributed by atoms with E-state index in [1.807, 2.05) is 47.8 Å². The molecule has 1 atom stereocenters. The van der Waals surface area contributed by atoms with Crippen LogP contribution in [-0.2, 0) is 27.5 Å². The van der Waals surface area contributed by atoms with Crippen LogP contribution in [-0.4, -0.2) is 77.7 Å². The topological polar surface area (TPSA) is 125 Å². The molecule has 0 aliphatic heterocycles. The van der Waals surface area contributed by atoms with E-state index in [1.54, 1.807) is 37.6 Å². The summed E-state index contributed by atoms with van der Waals surface area (Å²) in [6.07, 6.45) is 2.28. The van der Waals surface area contributed by atoms with Crippen LogP contribution >= 0.6 is 0 Å². The van der Waals surface area contributed by atoms with E-state index in [0.29, 0.717) is 52.7 Å². The van der Waals surface area contributed by atoms with Gasteiger partial charge in [-0.2, -0.15) is 10.4 Å². The Morgan fingerprint density at radius 1 is 1.15 bits per heavy atom. The van der Waals surface area contributed by atoms with Crippen LogP contribution in [0.15, 0.2) is 41.2 Å². The Balaban J connectivity index is 1.61. The zero-order chi connectivity index (χ0) is 34.8. The summed E-state index contributed by atoms with van der Waals surface area (Å²) in [4.78, 5) is 34.3. The highest BCUT2D eigenvalue weighted by Gasteiger charge is 2.32. The van der Waals surface area contributed by atoms with Crippen LogP contribution in [0, 0.1) is 17.2 Å². The maximum Gasteiger partial charge on any atom is 0.317 e. The lowest BCUT2D eigenvalue weighted by atomic mass is 10.0. The van der Waals surface area contributed by atoms with Crippen molar-refractivity contribution in [2.75, 3.05) is 33.9 Å². The van der Waals surface area contributed by atoms with Crippen LogP contribution in [0.4, 0.5) is 0 Å². The molecule has 0 amide bonds. The molecule has 48 heavy (non-hydrogen) atoms. The van der Waals surface area contributed by atoms with E-state index in [2.05, 4.69) is 25.7 Å². The minimum atomic E-state index is -1.33. The smallest absolute Gasteiger partial charge is 0.317 e. The average molecular weight is 673 g/mol. The van der Waals surface area contributed by atoms with Gasteiger partial charge in [0.05, 0.1) is 35.3 Å². The van der Waals surface area contributed by atoms with Gasteiger partial charge in [-0.15, -0.1) is 0 Å². The Morgan fingerprint density at radius 2 is 1.88 bits per heavy atom. The molecule has 4 aromatic rings. The van der Waals surface area contributed by atoms with Crippen LogP contribution in [0.1, 0.15) is 56.6 Å². The molecule has 12 heteroatoms. The average Bonchev–Trinajstić information content (AvgIpc) is 3.78. The Labute approximate surface area is 283 Å². The lowest BCUT2D eigenvalue weighted by Gasteiger charge is -2.25. The third-order valence-electron chi connectivity index (χ3n) is 8.19. The number of fused-ring (bicyclic) bond motifs is 2. The van der Waals surface area contributed by atoms with Crippen molar-refractivity contribution >= 4 is 36.0 Å². The summed E-state index contributed by atoms with van der Waals surface area (Å²) < 4.78 is 21.7. The molecular weight excluding hydrogens is 625 g/mol. The van der Waals surface area contributed by atoms with E-state index >= 15 is 0 Å². The van der Waals surface area contributed by atoms with Crippen molar-refractivity contribution in [3.8, 4) is 11.8 Å². The lowest BCUT2D eigenvalue weighted by Crippen LogP contribution is -2.36. The van der Waals surface area contributed by atoms with Crippen molar-refractivity contribution in [1.29, 1.82) is 5.26 Å². The number of esters is 1. The molecular formula is C36H48N6O5Si. The molecule has 0 saturated heterocycles. The van der Waals surface area contributed by atoms with Crippen molar-refractivity contribution in [2.45, 2.75) is 84.1 Å². The second kappa shape index (κ2) is 14.2. The molecule has 1 aliphatic rings. The molecule has 0 spiro atoms. The summed E-state index contributed by atoms with van der Waals surface area (Å²) in [7, 11) is 2.37. The number of benzene rings is 2. The van der Waals surface area contributed by atoms with Gasteiger partial charge in [0.25, 0.3) is 0 Å². The van der Waals surface area contributed by atoms with Gasteiger partial charge < -0.3 is 23.7 Å². The predicted molar refractivity (Wildman–Crippen MR) is 189 cm³/mol. The second-order valence-electron chi connectivity index (χ2n) is 15.2. The number of rotatable bonds is 14. The summed E-state index contributed by atoms with van der Waals surface area (Å²) in [5.74, 6) is 0.274. The minimum Gasteiger partial charge on any atom is -0.492 e. The minimum absolute atomic E-state index is 0.119. The zero-order valence-corrected chi connectivity index (χ0v) is 30.5. The van der Waals surface area contributed by atoms with Gasteiger partial charge in [0.1, 0.15) is 41.6 Å². The number of para-hydroxylation sites is 1. The van der Waals surface area contributed by atoms with Gasteiger partial charge >= 0.3 is 5.97 Å². The summed E-state index contributed by atoms with van der Waals surface area (Å²) >= 11 is 0. The second-order valence-corrected chi connectivity index (χ2v) is 20.9. The van der Waals surface area contributed by atoms with Crippen LogP contribution in [0.25, 0.3) is 21.9 Å². The Morgan fingerprint density at radius 3 is 2.52 bits per heavy atom. The standard InChI is InChI=1S/C36H48N6O5Si/c1-36(2,3)47-35(44)27(20-40(4)5)33-34(43)26-11-9-10-12-29(26)42(39-33)21-32-38-28-18-31(46-22-24-13-14-24)25(19-37)17-30(28)41(32)23-45-15-16-48(6,7)8/h9-12,17-18,24,27H,13-16,20-23H2,1-8H3. The molecule has 2 aromatic heterocycles. The number of aromatic nitrogens is 4. The fourth-order valence-electron chi connectivity index (χ4n) is 5.45. The van der Waals surface area contributed by atoms with Crippen molar-refractivity contribution in [2.24, 2.45) is 5.92 Å². The SMILES string of the molecule is CN(C)CC(C(=O)OC(C)(C)C)c1nn(Cc2nc3cc(OCC4CC4)c(C#N)cc3n2COCC[Si](C)(C)C)c2ccccc2c1=O. The van der Waals surface area contributed by atoms with Gasteiger partial charge in [0.15, 0.2) is 0 Å². The Bertz CT molecular complexity index is 1890. The summed E-state index contributed by atoms with van der Waals surface area (Å²) in [6, 6.07) is 14.2. The molecule has 1 fully saturated rings. The zero-order valence-electron chi connectivity index (χ0n) is 29.5. The molecule has 2 heterocycles. The number of carbonyl (C=O) groups is 1. The van der Waals surface area contributed by atoms with E-state index in [-0.39, 0.29) is 30.9 Å². The first-order valence-electron chi connectivity index (χ1n) is 16.6. The number of carbonyl (C=O) groups excluding carboxylic acids is 1. The molecule has 11 nitrogen and oxygen atoms in total. The summed E-state index contributed by atoms with van der Waals surface area (Å²) in [5.41, 5.74) is 1.56. The Hall–Kier alpha value is -4.05. The van der Waals surface area contributed by atoms with Crippen LogP contribution in [0.2, 0.25) is 25.7 Å². The first kappa shape index (κ1) is 35.3. The summed E-state index contributed by atoms with van der Waals surface area (Å²) in [5, 5.41) is 15.3. The van der Waals surface area contributed by atoms with E-state index in [9.17, 15) is 14.9 Å². The number of hydrogen-bond donors (Lipinski definition) is 0. The van der Waals surface area contributed by atoms with Gasteiger partial charge in [-0.05, 0) is 77.9 Å². The molecule has 1 saturated carbocycles. The van der Waals surface area contributed by atoms with Crippen molar-refractivity contribution in [1.82, 2.24) is 24.2 Å². The largest absolute Gasteiger partial charge is 0.492 e. The molecule has 0 N–H and O–H groups in total. The van der Waals surface area contributed by atoms with Gasteiger partial charge in [-0.3, -0.25) is 14.3 Å². The van der Waals surface area contributed by atoms with E-state index in [4.69, 9.17) is 24.3 Å². The van der Waals surface area contributed by atoms with E-state index in [1.165, 1.54) is 0 Å². The van der Waals surface area contributed by atoms with Crippen LogP contribution in [0.5, 0.6) is 5.75 Å². The molecule has 0 bridgehead atoms. The van der Waals surface area contributed by atoms with Crippen LogP contribution < -0.4 is 10.2 Å². The third kappa shape index (κ3) is 8.69. The molecule has 256 valence electrons. The van der Waals surface area contributed by atoms with Gasteiger partial charge in [0.2, 0.25) is 5.43 Å². The van der Waals surface area contributed by atoms with Crippen molar-refractivity contribution in [3.05, 3.63) is 63.7 Å². The summed E-state index contributed by atoms with van der Waals surface area (Å²) in [6.45, 7) is 14.2. The maximum atomic E-state index is 13.9. The van der Waals surface area contributed by atoms with Crippen LogP contribution in [0.3, 0.4) is 0 Å². The highest BCUT2D eigenvalue weighted by molar-refractivity contribution is 6.76. The first-order valence-corrected chi connectivity index (χ1v) is 20.4. The number of nitriles is 1. The highest BCUT2D eigenvalue weighted by Crippen LogP contribution is 2.32. The highest BCUT2D eigenvalue weighted by atomic mass is 28.3. The Kier molecular flexibility index (Phi) is 10.4. The van der Waals surface area contributed by atoms with Gasteiger partial charge in [-0.25, -0.2) is 4.98 Å². The molecule has 0 radical (unpaired) electrons. The maximum absolute atomic E-state index is 13.9. The number of ether oxygens (including phenoxy) is 3. The quantitative estimate of drug-likeness (QED) is 0.0935. The molecule has 5 rings (SSSR count). The number of nitrogens with zero attached hydrogens (tertiary/aromatic N) is 6. The normalized spacial score (nSPS) is 14.4. The fourth-order valence-corrected chi connectivity index (χ4v) is 6.21.